The SMILES string of the molecule is CCOCCCn1cc(C)nc1NCC1CCCCN1C. The molecule has 1 fully saturated rings. The van der Waals surface area contributed by atoms with Gasteiger partial charge in [0.2, 0.25) is 5.95 Å². The van der Waals surface area contributed by atoms with Crippen LogP contribution in [-0.2, 0) is 11.3 Å². The molecule has 1 unspecified atom stereocenters. The largest absolute Gasteiger partial charge is 0.382 e. The van der Waals surface area contributed by atoms with E-state index >= 15 is 0 Å². The molecule has 1 atom stereocenters. The van der Waals surface area contributed by atoms with Gasteiger partial charge in [0.25, 0.3) is 0 Å². The van der Waals surface area contributed by atoms with E-state index in [4.69, 9.17) is 4.74 Å². The van der Waals surface area contributed by atoms with Crippen LogP contribution in [0.15, 0.2) is 6.20 Å². The zero-order valence-corrected chi connectivity index (χ0v) is 13.8. The van der Waals surface area contributed by atoms with Gasteiger partial charge in [-0.3, -0.25) is 0 Å². The smallest absolute Gasteiger partial charge is 0.203 e. The molecule has 0 spiro atoms. The Morgan fingerprint density at radius 3 is 3.05 bits per heavy atom. The Bertz CT molecular complexity index is 418. The summed E-state index contributed by atoms with van der Waals surface area (Å²) in [7, 11) is 2.23. The summed E-state index contributed by atoms with van der Waals surface area (Å²) in [5, 5.41) is 3.54. The number of nitrogens with zero attached hydrogens (tertiary/aromatic N) is 3. The molecule has 1 aromatic rings. The van der Waals surface area contributed by atoms with Crippen molar-refractivity contribution in [3.63, 3.8) is 0 Å². The van der Waals surface area contributed by atoms with E-state index in [2.05, 4.69) is 39.9 Å². The number of anilines is 1. The first-order chi connectivity index (χ1) is 10.2. The third-order valence-corrected chi connectivity index (χ3v) is 4.21. The van der Waals surface area contributed by atoms with E-state index in [1.165, 1.54) is 25.8 Å². The maximum absolute atomic E-state index is 5.41. The first-order valence-electron chi connectivity index (χ1n) is 8.26. The normalized spacial score (nSPS) is 19.9. The predicted molar refractivity (Wildman–Crippen MR) is 86.8 cm³/mol. The molecule has 1 aliphatic heterocycles. The van der Waals surface area contributed by atoms with Crippen LogP contribution in [0.4, 0.5) is 5.95 Å². The van der Waals surface area contributed by atoms with Gasteiger partial charge in [0.05, 0.1) is 5.69 Å². The van der Waals surface area contributed by atoms with Crippen molar-refractivity contribution in [2.45, 2.75) is 52.1 Å². The number of hydrogen-bond acceptors (Lipinski definition) is 4. The molecular weight excluding hydrogens is 264 g/mol. The van der Waals surface area contributed by atoms with Crippen LogP contribution in [0.2, 0.25) is 0 Å². The van der Waals surface area contributed by atoms with Crippen molar-refractivity contribution in [2.24, 2.45) is 0 Å². The third-order valence-electron chi connectivity index (χ3n) is 4.21. The van der Waals surface area contributed by atoms with Crippen LogP contribution in [0.5, 0.6) is 0 Å². The molecular formula is C16H30N4O. The van der Waals surface area contributed by atoms with Gasteiger partial charge < -0.3 is 19.5 Å². The standard InChI is InChI=1S/C16H30N4O/c1-4-21-11-7-10-20-13-14(2)18-16(20)17-12-15-8-5-6-9-19(15)3/h13,15H,4-12H2,1-3H3,(H,17,18). The molecule has 0 aliphatic carbocycles. The summed E-state index contributed by atoms with van der Waals surface area (Å²) in [4.78, 5) is 7.08. The quantitative estimate of drug-likeness (QED) is 0.748. The molecule has 0 amide bonds. The van der Waals surface area contributed by atoms with Crippen molar-refractivity contribution in [1.82, 2.24) is 14.5 Å². The predicted octanol–water partition coefficient (Wildman–Crippen LogP) is 2.51. The second-order valence-electron chi connectivity index (χ2n) is 5.96. The van der Waals surface area contributed by atoms with Crippen LogP contribution < -0.4 is 5.32 Å². The van der Waals surface area contributed by atoms with Crippen LogP contribution in [0.25, 0.3) is 0 Å². The van der Waals surface area contributed by atoms with Crippen LogP contribution in [0, 0.1) is 6.92 Å². The minimum Gasteiger partial charge on any atom is -0.382 e. The monoisotopic (exact) mass is 294 g/mol. The molecule has 5 nitrogen and oxygen atoms in total. The number of hydrogen-bond donors (Lipinski definition) is 1. The summed E-state index contributed by atoms with van der Waals surface area (Å²) in [5.41, 5.74) is 1.07. The number of ether oxygens (including phenoxy) is 1. The van der Waals surface area contributed by atoms with Gasteiger partial charge in [0, 0.05) is 38.5 Å². The van der Waals surface area contributed by atoms with Crippen molar-refractivity contribution in [2.75, 3.05) is 38.7 Å². The lowest BCUT2D eigenvalue weighted by atomic mass is 10.0. The number of likely N-dealkylation sites (tertiary alicyclic amines) is 1. The summed E-state index contributed by atoms with van der Waals surface area (Å²) in [6.45, 7) is 8.86. The van der Waals surface area contributed by atoms with Crippen LogP contribution >= 0.6 is 0 Å². The Morgan fingerprint density at radius 1 is 1.43 bits per heavy atom. The summed E-state index contributed by atoms with van der Waals surface area (Å²) in [6.07, 6.45) is 7.12. The average molecular weight is 294 g/mol. The maximum atomic E-state index is 5.41. The van der Waals surface area contributed by atoms with Gasteiger partial charge in [-0.2, -0.15) is 0 Å². The number of likely N-dealkylation sites (N-methyl/N-ethyl adjacent to an activating group) is 1. The molecule has 0 radical (unpaired) electrons. The molecule has 1 aromatic heterocycles. The molecule has 5 heteroatoms. The molecule has 1 N–H and O–H groups in total. The van der Waals surface area contributed by atoms with Crippen molar-refractivity contribution in [3.05, 3.63) is 11.9 Å². The lowest BCUT2D eigenvalue weighted by Gasteiger charge is -2.32. The number of imidazole rings is 1. The van der Waals surface area contributed by atoms with Crippen LogP contribution in [0.1, 0.15) is 38.3 Å². The fraction of sp³-hybridized carbons (Fsp3) is 0.812. The maximum Gasteiger partial charge on any atom is 0.203 e. The highest BCUT2D eigenvalue weighted by Crippen LogP contribution is 2.16. The fourth-order valence-corrected chi connectivity index (χ4v) is 2.95. The van der Waals surface area contributed by atoms with Gasteiger partial charge in [-0.25, -0.2) is 4.98 Å². The molecule has 0 saturated carbocycles. The Hall–Kier alpha value is -1.07. The summed E-state index contributed by atoms with van der Waals surface area (Å²) in [5.74, 6) is 1.00. The first kappa shape index (κ1) is 16.3. The van der Waals surface area contributed by atoms with E-state index in [-0.39, 0.29) is 0 Å². The highest BCUT2D eigenvalue weighted by Gasteiger charge is 2.19. The molecule has 1 aliphatic rings. The Kier molecular flexibility index (Phi) is 6.51. The Morgan fingerprint density at radius 2 is 2.29 bits per heavy atom. The van der Waals surface area contributed by atoms with Gasteiger partial charge in [-0.15, -0.1) is 0 Å². The van der Waals surface area contributed by atoms with Crippen molar-refractivity contribution in [1.29, 1.82) is 0 Å². The van der Waals surface area contributed by atoms with Crippen molar-refractivity contribution in [3.8, 4) is 0 Å². The van der Waals surface area contributed by atoms with E-state index < -0.39 is 0 Å². The lowest BCUT2D eigenvalue weighted by molar-refractivity contribution is 0.141. The van der Waals surface area contributed by atoms with E-state index in [0.29, 0.717) is 6.04 Å². The zero-order chi connectivity index (χ0) is 15.1. The fourth-order valence-electron chi connectivity index (χ4n) is 2.95. The molecule has 1 saturated heterocycles. The van der Waals surface area contributed by atoms with Crippen LogP contribution in [0.3, 0.4) is 0 Å². The number of aryl methyl sites for hydroxylation is 2. The molecule has 0 aromatic carbocycles. The number of nitrogens with one attached hydrogen (secondary N) is 1. The topological polar surface area (TPSA) is 42.3 Å². The third kappa shape index (κ3) is 5.00. The highest BCUT2D eigenvalue weighted by atomic mass is 16.5. The minimum absolute atomic E-state index is 0.632. The van der Waals surface area contributed by atoms with Crippen molar-refractivity contribution >= 4 is 5.95 Å². The summed E-state index contributed by atoms with van der Waals surface area (Å²) in [6, 6.07) is 0.632. The Balaban J connectivity index is 1.84. The van der Waals surface area contributed by atoms with E-state index in [1.807, 2.05) is 6.92 Å². The van der Waals surface area contributed by atoms with Gasteiger partial charge in [0.15, 0.2) is 0 Å². The molecule has 120 valence electrons. The number of rotatable bonds is 8. The molecule has 21 heavy (non-hydrogen) atoms. The lowest BCUT2D eigenvalue weighted by Crippen LogP contribution is -2.41. The van der Waals surface area contributed by atoms with Gasteiger partial charge >= 0.3 is 0 Å². The molecule has 2 rings (SSSR count). The van der Waals surface area contributed by atoms with Gasteiger partial charge in [-0.05, 0) is 46.7 Å². The van der Waals surface area contributed by atoms with E-state index in [0.717, 1.165) is 44.4 Å². The summed E-state index contributed by atoms with van der Waals surface area (Å²) >= 11 is 0. The molecule has 0 bridgehead atoms. The zero-order valence-electron chi connectivity index (χ0n) is 13.8. The van der Waals surface area contributed by atoms with Gasteiger partial charge in [0.1, 0.15) is 0 Å². The minimum atomic E-state index is 0.632. The van der Waals surface area contributed by atoms with Crippen molar-refractivity contribution < 1.29 is 4.74 Å². The number of aromatic nitrogens is 2. The van der Waals surface area contributed by atoms with E-state index in [1.54, 1.807) is 0 Å². The van der Waals surface area contributed by atoms with Gasteiger partial charge in [-0.1, -0.05) is 6.42 Å². The summed E-state index contributed by atoms with van der Waals surface area (Å²) < 4.78 is 7.63. The highest BCUT2D eigenvalue weighted by molar-refractivity contribution is 5.29. The van der Waals surface area contributed by atoms with E-state index in [9.17, 15) is 0 Å². The number of piperidine rings is 1. The molecule has 2 heterocycles. The first-order valence-corrected chi connectivity index (χ1v) is 8.26. The Labute approximate surface area is 128 Å². The second kappa shape index (κ2) is 8.39. The average Bonchev–Trinajstić information content (AvgIpc) is 2.83. The second-order valence-corrected chi connectivity index (χ2v) is 5.96. The van der Waals surface area contributed by atoms with Crippen LogP contribution in [-0.4, -0.2) is 53.8 Å².